The summed E-state index contributed by atoms with van der Waals surface area (Å²) in [5, 5.41) is 12.0. The van der Waals surface area contributed by atoms with Crippen molar-refractivity contribution >= 4 is 27.1 Å². The van der Waals surface area contributed by atoms with Gasteiger partial charge in [-0.25, -0.2) is 8.42 Å². The van der Waals surface area contributed by atoms with Crippen molar-refractivity contribution in [1.82, 2.24) is 0 Å². The van der Waals surface area contributed by atoms with Gasteiger partial charge >= 0.3 is 0 Å². The lowest BCUT2D eigenvalue weighted by Crippen LogP contribution is -2.25. The Kier molecular flexibility index (Phi) is 3.79. The highest BCUT2D eigenvalue weighted by Crippen LogP contribution is 2.25. The summed E-state index contributed by atoms with van der Waals surface area (Å²) in [5.74, 6) is 0.264. The van der Waals surface area contributed by atoms with Crippen molar-refractivity contribution in [3.05, 3.63) is 28.8 Å². The number of halogens is 1. The zero-order chi connectivity index (χ0) is 13.2. The van der Waals surface area contributed by atoms with Gasteiger partial charge in [-0.05, 0) is 25.0 Å². The Labute approximate surface area is 111 Å². The molecule has 0 aliphatic carbocycles. The van der Waals surface area contributed by atoms with Crippen LogP contribution in [0.3, 0.4) is 0 Å². The summed E-state index contributed by atoms with van der Waals surface area (Å²) < 4.78 is 23.3. The number of nitriles is 1. The lowest BCUT2D eigenvalue weighted by atomic mass is 10.2. The maximum Gasteiger partial charge on any atom is 0.154 e. The topological polar surface area (TPSA) is 70.0 Å². The van der Waals surface area contributed by atoms with Crippen LogP contribution in [0.15, 0.2) is 18.2 Å². The number of rotatable bonds is 3. The summed E-state index contributed by atoms with van der Waals surface area (Å²) in [6.45, 7) is 0.331. The molecule has 1 N–H and O–H groups in total. The van der Waals surface area contributed by atoms with Crippen molar-refractivity contribution < 1.29 is 8.42 Å². The van der Waals surface area contributed by atoms with E-state index in [1.807, 2.05) is 6.07 Å². The maximum absolute atomic E-state index is 11.7. The van der Waals surface area contributed by atoms with Crippen LogP contribution in [0.1, 0.15) is 18.4 Å². The van der Waals surface area contributed by atoms with Crippen LogP contribution in [0, 0.1) is 11.3 Å². The molecule has 0 saturated carbocycles. The fourth-order valence-corrected chi connectivity index (χ4v) is 4.08. The van der Waals surface area contributed by atoms with Crippen molar-refractivity contribution in [2.75, 3.05) is 17.6 Å². The van der Waals surface area contributed by atoms with Crippen LogP contribution in [-0.2, 0) is 9.84 Å². The largest absolute Gasteiger partial charge is 0.383 e. The highest BCUT2D eigenvalue weighted by molar-refractivity contribution is 7.92. The molecule has 4 nitrogen and oxygen atoms in total. The Bertz CT molecular complexity index is 593. The third-order valence-corrected chi connectivity index (χ3v) is 5.70. The van der Waals surface area contributed by atoms with Crippen LogP contribution in [0.4, 0.5) is 5.69 Å². The smallest absolute Gasteiger partial charge is 0.154 e. The summed E-state index contributed by atoms with van der Waals surface area (Å²) >= 11 is 5.90. The van der Waals surface area contributed by atoms with Gasteiger partial charge in [-0.2, -0.15) is 5.26 Å². The molecule has 1 aromatic rings. The van der Waals surface area contributed by atoms with Crippen LogP contribution in [0.2, 0.25) is 5.02 Å². The van der Waals surface area contributed by atoms with Crippen molar-refractivity contribution in [2.24, 2.45) is 0 Å². The van der Waals surface area contributed by atoms with Gasteiger partial charge < -0.3 is 5.32 Å². The summed E-state index contributed by atoms with van der Waals surface area (Å²) in [7, 11) is -2.97. The molecule has 1 unspecified atom stereocenters. The monoisotopic (exact) mass is 284 g/mol. The molecule has 1 aliphatic heterocycles. The molecule has 1 heterocycles. The van der Waals surface area contributed by atoms with E-state index in [0.29, 0.717) is 29.2 Å². The standard InChI is InChI=1S/C12H13ClN2O2S/c13-11-4-1-5-12(10(11)7-14)15-8-9-3-2-6-18(9,16)17/h1,4-5,9,15H,2-3,6,8H2. The van der Waals surface area contributed by atoms with Gasteiger partial charge in [-0.1, -0.05) is 17.7 Å². The fourth-order valence-electron chi connectivity index (χ4n) is 2.10. The van der Waals surface area contributed by atoms with Crippen molar-refractivity contribution in [1.29, 1.82) is 5.26 Å². The molecule has 0 amide bonds. The number of anilines is 1. The zero-order valence-electron chi connectivity index (χ0n) is 9.69. The highest BCUT2D eigenvalue weighted by atomic mass is 35.5. The quantitative estimate of drug-likeness (QED) is 0.924. The first kappa shape index (κ1) is 13.2. The second-order valence-electron chi connectivity index (χ2n) is 4.29. The van der Waals surface area contributed by atoms with Gasteiger partial charge in [0.15, 0.2) is 9.84 Å². The molecule has 1 aromatic carbocycles. The van der Waals surface area contributed by atoms with Crippen molar-refractivity contribution in [2.45, 2.75) is 18.1 Å². The van der Waals surface area contributed by atoms with E-state index < -0.39 is 9.84 Å². The number of nitrogens with zero attached hydrogens (tertiary/aromatic N) is 1. The predicted octanol–water partition coefficient (Wildman–Crippen LogP) is 2.20. The van der Waals surface area contributed by atoms with Gasteiger partial charge in [0.1, 0.15) is 6.07 Å². The van der Waals surface area contributed by atoms with Crippen molar-refractivity contribution in [3.8, 4) is 6.07 Å². The van der Waals surface area contributed by atoms with Gasteiger partial charge in [0.2, 0.25) is 0 Å². The molecule has 96 valence electrons. The summed E-state index contributed by atoms with van der Waals surface area (Å²) in [5.41, 5.74) is 0.946. The Morgan fingerprint density at radius 2 is 2.28 bits per heavy atom. The van der Waals surface area contributed by atoms with Gasteiger partial charge in [-0.15, -0.1) is 0 Å². The van der Waals surface area contributed by atoms with E-state index in [-0.39, 0.29) is 11.0 Å². The zero-order valence-corrected chi connectivity index (χ0v) is 11.3. The van der Waals surface area contributed by atoms with Crippen molar-refractivity contribution in [3.63, 3.8) is 0 Å². The molecule has 0 spiro atoms. The summed E-state index contributed by atoms with van der Waals surface area (Å²) in [4.78, 5) is 0. The van der Waals surface area contributed by atoms with Crippen LogP contribution in [0.25, 0.3) is 0 Å². The fraction of sp³-hybridized carbons (Fsp3) is 0.417. The molecular formula is C12H13ClN2O2S. The second-order valence-corrected chi connectivity index (χ2v) is 7.09. The molecule has 0 bridgehead atoms. The van der Waals surface area contributed by atoms with Gasteiger partial charge in [0.25, 0.3) is 0 Å². The Hall–Kier alpha value is -1.25. The van der Waals surface area contributed by atoms with Crippen LogP contribution in [0.5, 0.6) is 0 Å². The van der Waals surface area contributed by atoms with E-state index in [1.54, 1.807) is 18.2 Å². The molecule has 6 heteroatoms. The van der Waals surface area contributed by atoms with Crippen LogP contribution >= 0.6 is 11.6 Å². The van der Waals surface area contributed by atoms with Gasteiger partial charge in [0.05, 0.1) is 27.3 Å². The van der Waals surface area contributed by atoms with Gasteiger partial charge in [-0.3, -0.25) is 0 Å². The van der Waals surface area contributed by atoms with E-state index in [2.05, 4.69) is 5.32 Å². The van der Waals surface area contributed by atoms with Crippen LogP contribution < -0.4 is 5.32 Å². The molecule has 18 heavy (non-hydrogen) atoms. The molecule has 1 fully saturated rings. The molecule has 1 aliphatic rings. The lowest BCUT2D eigenvalue weighted by molar-refractivity contribution is 0.591. The molecule has 0 radical (unpaired) electrons. The van der Waals surface area contributed by atoms with Gasteiger partial charge in [0, 0.05) is 6.54 Å². The average molecular weight is 285 g/mol. The number of hydrogen-bond donors (Lipinski definition) is 1. The predicted molar refractivity (Wildman–Crippen MR) is 71.5 cm³/mol. The summed E-state index contributed by atoms with van der Waals surface area (Å²) in [6.07, 6.45) is 1.40. The third-order valence-electron chi connectivity index (χ3n) is 3.11. The molecule has 0 aromatic heterocycles. The SMILES string of the molecule is N#Cc1c(Cl)cccc1NCC1CCCS1(=O)=O. The summed E-state index contributed by atoms with van der Waals surface area (Å²) in [6, 6.07) is 7.11. The number of hydrogen-bond acceptors (Lipinski definition) is 4. The minimum Gasteiger partial charge on any atom is -0.383 e. The third kappa shape index (κ3) is 2.60. The Morgan fingerprint density at radius 1 is 1.50 bits per heavy atom. The maximum atomic E-state index is 11.7. The molecule has 1 atom stereocenters. The minimum absolute atomic E-state index is 0.264. The lowest BCUT2D eigenvalue weighted by Gasteiger charge is -2.13. The first-order valence-corrected chi connectivity index (χ1v) is 7.78. The molecular weight excluding hydrogens is 272 g/mol. The first-order chi connectivity index (χ1) is 8.54. The Balaban J connectivity index is 2.12. The second kappa shape index (κ2) is 5.17. The number of benzene rings is 1. The number of nitrogens with one attached hydrogen (secondary N) is 1. The highest BCUT2D eigenvalue weighted by Gasteiger charge is 2.30. The first-order valence-electron chi connectivity index (χ1n) is 5.68. The van der Waals surface area contributed by atoms with Crippen LogP contribution in [-0.4, -0.2) is 26.0 Å². The van der Waals surface area contributed by atoms with E-state index in [9.17, 15) is 8.42 Å². The molecule has 1 saturated heterocycles. The van der Waals surface area contributed by atoms with E-state index in [4.69, 9.17) is 16.9 Å². The van der Waals surface area contributed by atoms with E-state index >= 15 is 0 Å². The molecule has 2 rings (SSSR count). The van der Waals surface area contributed by atoms with E-state index in [1.165, 1.54) is 0 Å². The Morgan fingerprint density at radius 3 is 2.89 bits per heavy atom. The minimum atomic E-state index is -2.97. The number of sulfone groups is 1. The average Bonchev–Trinajstić information content (AvgIpc) is 2.66. The normalized spacial score (nSPS) is 21.4. The van der Waals surface area contributed by atoms with E-state index in [0.717, 1.165) is 6.42 Å².